The van der Waals surface area contributed by atoms with Crippen LogP contribution in [0.3, 0.4) is 0 Å². The number of fused-ring (bicyclic) bond motifs is 4. The minimum atomic E-state index is 0.156. The summed E-state index contributed by atoms with van der Waals surface area (Å²) in [4.78, 5) is 8.84. The van der Waals surface area contributed by atoms with Gasteiger partial charge in [0.05, 0.1) is 38.6 Å². The monoisotopic (exact) mass is 421 g/mol. The fraction of sp³-hybridized carbons (Fsp3) is 0.217. The highest BCUT2D eigenvalue weighted by Gasteiger charge is 2.18. The van der Waals surface area contributed by atoms with Gasteiger partial charge in [-0.2, -0.15) is 0 Å². The van der Waals surface area contributed by atoms with Gasteiger partial charge in [-0.15, -0.1) is 0 Å². The molecule has 7 heteroatoms. The van der Waals surface area contributed by atoms with Crippen LogP contribution in [0.15, 0.2) is 43.0 Å². The lowest BCUT2D eigenvalue weighted by Crippen LogP contribution is -2.15. The summed E-state index contributed by atoms with van der Waals surface area (Å²) in [6.07, 6.45) is 0. The number of nitrogens with zero attached hydrogens (tertiary/aromatic N) is 3. The first kappa shape index (κ1) is 18.9. The van der Waals surface area contributed by atoms with E-state index in [-0.39, 0.29) is 5.28 Å². The quantitative estimate of drug-likeness (QED) is 0.441. The second kappa shape index (κ2) is 7.31. The molecule has 0 aliphatic carbocycles. The summed E-state index contributed by atoms with van der Waals surface area (Å²) in [6.45, 7) is 6.56. The van der Waals surface area contributed by atoms with Crippen LogP contribution in [0.4, 0.5) is 0 Å². The Labute approximate surface area is 178 Å². The molecular formula is C23H20ClN3O3. The number of benzene rings is 2. The maximum absolute atomic E-state index is 6.24. The first-order chi connectivity index (χ1) is 14.6. The molecule has 4 aromatic rings. The minimum absolute atomic E-state index is 0.156. The third kappa shape index (κ3) is 3.00. The van der Waals surface area contributed by atoms with Crippen LogP contribution in [0.25, 0.3) is 27.4 Å². The smallest absolute Gasteiger partial charge is 0.223 e. The maximum atomic E-state index is 6.24. The first-order valence-electron chi connectivity index (χ1n) is 9.58. The van der Waals surface area contributed by atoms with Gasteiger partial charge in [0.25, 0.3) is 0 Å². The largest absolute Gasteiger partial charge is 0.493 e. The van der Waals surface area contributed by atoms with E-state index in [4.69, 9.17) is 25.8 Å². The van der Waals surface area contributed by atoms with Crippen molar-refractivity contribution in [1.82, 2.24) is 14.5 Å². The highest BCUT2D eigenvalue weighted by atomic mass is 35.5. The van der Waals surface area contributed by atoms with Gasteiger partial charge in [-0.1, -0.05) is 12.6 Å². The highest BCUT2D eigenvalue weighted by molar-refractivity contribution is 6.28. The number of rotatable bonds is 4. The Bertz CT molecular complexity index is 1310. The number of hydrogen-bond acceptors (Lipinski definition) is 5. The molecule has 0 fully saturated rings. The van der Waals surface area contributed by atoms with Crippen molar-refractivity contribution in [3.8, 4) is 11.5 Å². The lowest BCUT2D eigenvalue weighted by Gasteiger charge is -2.16. The molecule has 0 atom stereocenters. The Morgan fingerprint density at radius 2 is 1.90 bits per heavy atom. The summed E-state index contributed by atoms with van der Waals surface area (Å²) >= 11 is 6.24. The lowest BCUT2D eigenvalue weighted by atomic mass is 9.99. The van der Waals surface area contributed by atoms with Crippen LogP contribution >= 0.6 is 11.6 Å². The Hall–Kier alpha value is -3.09. The molecule has 5 rings (SSSR count). The molecule has 0 radical (unpaired) electrons. The van der Waals surface area contributed by atoms with Crippen LogP contribution in [-0.4, -0.2) is 35.4 Å². The molecule has 0 bridgehead atoms. The van der Waals surface area contributed by atoms with Gasteiger partial charge in [0.15, 0.2) is 11.5 Å². The van der Waals surface area contributed by atoms with Gasteiger partial charge >= 0.3 is 0 Å². The number of hydrogen-bond donors (Lipinski definition) is 0. The third-order valence-corrected chi connectivity index (χ3v) is 5.67. The lowest BCUT2D eigenvalue weighted by molar-refractivity contribution is 0.0865. The van der Waals surface area contributed by atoms with Crippen LogP contribution in [0.5, 0.6) is 11.5 Å². The molecule has 1 aliphatic rings. The van der Waals surface area contributed by atoms with Crippen LogP contribution in [0.2, 0.25) is 5.28 Å². The van der Waals surface area contributed by atoms with Gasteiger partial charge < -0.3 is 18.8 Å². The molecule has 0 amide bonds. The molecular weight excluding hydrogens is 402 g/mol. The fourth-order valence-corrected chi connectivity index (χ4v) is 4.20. The van der Waals surface area contributed by atoms with Gasteiger partial charge in [0, 0.05) is 40.2 Å². The van der Waals surface area contributed by atoms with Gasteiger partial charge in [-0.05, 0) is 41.4 Å². The Morgan fingerprint density at radius 1 is 1.10 bits per heavy atom. The predicted molar refractivity (Wildman–Crippen MR) is 117 cm³/mol. The molecule has 2 aromatic carbocycles. The molecule has 30 heavy (non-hydrogen) atoms. The van der Waals surface area contributed by atoms with Crippen LogP contribution in [0, 0.1) is 0 Å². The second-order valence-electron chi connectivity index (χ2n) is 7.16. The molecule has 152 valence electrons. The van der Waals surface area contributed by atoms with Crippen molar-refractivity contribution in [2.75, 3.05) is 20.8 Å². The molecule has 6 nitrogen and oxygen atoms in total. The molecule has 0 N–H and O–H groups in total. The van der Waals surface area contributed by atoms with E-state index in [1.54, 1.807) is 20.3 Å². The van der Waals surface area contributed by atoms with Crippen LogP contribution < -0.4 is 9.47 Å². The number of aromatic nitrogens is 3. The molecule has 3 heterocycles. The van der Waals surface area contributed by atoms with E-state index in [2.05, 4.69) is 45.4 Å². The summed E-state index contributed by atoms with van der Waals surface area (Å²) < 4.78 is 18.7. The number of ether oxygens (including phenoxy) is 3. The molecule has 0 saturated carbocycles. The van der Waals surface area contributed by atoms with Crippen molar-refractivity contribution >= 4 is 39.0 Å². The average Bonchev–Trinajstić information content (AvgIpc) is 3.14. The van der Waals surface area contributed by atoms with Crippen molar-refractivity contribution in [2.45, 2.75) is 13.2 Å². The van der Waals surface area contributed by atoms with Gasteiger partial charge in [-0.25, -0.2) is 9.97 Å². The minimum Gasteiger partial charge on any atom is -0.493 e. The number of halogens is 1. The van der Waals surface area contributed by atoms with Crippen molar-refractivity contribution < 1.29 is 14.2 Å². The standard InChI is InChI=1S/C23H20ClN3O3/c1-13(14-4-5-19-15(8-14)9-16-12-30-7-6-27(16)19)22-17-10-20(28-2)21(29-3)11-18(17)25-23(24)26-22/h4-5,8-11H,1,6-7,12H2,2-3H3. The van der Waals surface area contributed by atoms with E-state index < -0.39 is 0 Å². The Morgan fingerprint density at radius 3 is 2.70 bits per heavy atom. The van der Waals surface area contributed by atoms with Gasteiger partial charge in [0.2, 0.25) is 5.28 Å². The topological polar surface area (TPSA) is 58.4 Å². The van der Waals surface area contributed by atoms with E-state index in [1.807, 2.05) is 6.07 Å². The zero-order chi connectivity index (χ0) is 20.8. The SMILES string of the molecule is C=C(c1ccc2c(c1)cc1n2CCOC1)c1nc(Cl)nc2cc(OC)c(OC)cc12. The molecule has 2 aromatic heterocycles. The third-order valence-electron chi connectivity index (χ3n) is 5.50. The second-order valence-corrected chi connectivity index (χ2v) is 7.50. The number of methoxy groups -OCH3 is 2. The first-order valence-corrected chi connectivity index (χ1v) is 9.95. The van der Waals surface area contributed by atoms with Crippen molar-refractivity contribution in [2.24, 2.45) is 0 Å². The van der Waals surface area contributed by atoms with E-state index in [0.717, 1.165) is 35.1 Å². The average molecular weight is 422 g/mol. The Balaban J connectivity index is 1.65. The molecule has 1 aliphatic heterocycles. The van der Waals surface area contributed by atoms with E-state index in [0.29, 0.717) is 29.3 Å². The summed E-state index contributed by atoms with van der Waals surface area (Å²) in [5.74, 6) is 1.18. The van der Waals surface area contributed by atoms with Crippen LogP contribution in [0.1, 0.15) is 17.0 Å². The summed E-state index contributed by atoms with van der Waals surface area (Å²) in [5.41, 5.74) is 5.45. The highest BCUT2D eigenvalue weighted by Crippen LogP contribution is 2.36. The van der Waals surface area contributed by atoms with E-state index in [9.17, 15) is 0 Å². The van der Waals surface area contributed by atoms with Crippen LogP contribution in [-0.2, 0) is 17.9 Å². The predicted octanol–water partition coefficient (Wildman–Crippen LogP) is 4.85. The maximum Gasteiger partial charge on any atom is 0.223 e. The summed E-state index contributed by atoms with van der Waals surface area (Å²) in [6, 6.07) is 12.1. The van der Waals surface area contributed by atoms with E-state index >= 15 is 0 Å². The molecule has 0 saturated heterocycles. The fourth-order valence-electron chi connectivity index (χ4n) is 4.03. The molecule has 0 unspecified atom stereocenters. The van der Waals surface area contributed by atoms with Crippen molar-refractivity contribution in [3.63, 3.8) is 0 Å². The normalized spacial score (nSPS) is 13.4. The van der Waals surface area contributed by atoms with Gasteiger partial charge in [0.1, 0.15) is 0 Å². The zero-order valence-electron chi connectivity index (χ0n) is 16.7. The van der Waals surface area contributed by atoms with Crippen molar-refractivity contribution in [3.05, 3.63) is 65.2 Å². The Kier molecular flexibility index (Phi) is 4.60. The van der Waals surface area contributed by atoms with E-state index in [1.165, 1.54) is 11.2 Å². The summed E-state index contributed by atoms with van der Waals surface area (Å²) in [7, 11) is 3.19. The summed E-state index contributed by atoms with van der Waals surface area (Å²) in [5, 5.41) is 2.10. The van der Waals surface area contributed by atoms with Gasteiger partial charge in [-0.3, -0.25) is 0 Å². The van der Waals surface area contributed by atoms with Crippen molar-refractivity contribution in [1.29, 1.82) is 0 Å². The molecule has 0 spiro atoms. The zero-order valence-corrected chi connectivity index (χ0v) is 17.5.